The maximum atomic E-state index is 12.4. The minimum atomic E-state index is -1.28. The summed E-state index contributed by atoms with van der Waals surface area (Å²) in [6, 6.07) is 0. The first-order valence-electron chi connectivity index (χ1n) is 7.08. The zero-order valence-corrected chi connectivity index (χ0v) is 12.0. The molecule has 8 heteroatoms. The zero-order valence-electron chi connectivity index (χ0n) is 12.0. The minimum absolute atomic E-state index is 0.0238. The summed E-state index contributed by atoms with van der Waals surface area (Å²) in [5.41, 5.74) is 0. The second kappa shape index (κ2) is 6.69. The number of amides is 2. The average Bonchev–Trinajstić information content (AvgIpc) is 2.49. The lowest BCUT2D eigenvalue weighted by molar-refractivity contribution is -0.187. The number of hydrogen-bond donors (Lipinski definition) is 3. The van der Waals surface area contributed by atoms with Gasteiger partial charge >= 0.3 is 0 Å². The van der Waals surface area contributed by atoms with Gasteiger partial charge in [-0.1, -0.05) is 0 Å². The molecule has 120 valence electrons. The van der Waals surface area contributed by atoms with Crippen LogP contribution in [0.15, 0.2) is 0 Å². The van der Waals surface area contributed by atoms with Gasteiger partial charge in [0.15, 0.2) is 0 Å². The van der Waals surface area contributed by atoms with E-state index in [-0.39, 0.29) is 18.4 Å². The molecular formula is C13H22N2O6. The number of piperazine rings is 1. The molecule has 0 bridgehead atoms. The summed E-state index contributed by atoms with van der Waals surface area (Å²) in [4.78, 5) is 26.9. The van der Waals surface area contributed by atoms with Crippen LogP contribution in [-0.4, -0.2) is 94.6 Å². The lowest BCUT2D eigenvalue weighted by Gasteiger charge is -2.40. The monoisotopic (exact) mass is 302 g/mol. The summed E-state index contributed by atoms with van der Waals surface area (Å²) in [5, 5.41) is 28.8. The number of aliphatic hydroxyl groups excluding tert-OH is 3. The van der Waals surface area contributed by atoms with E-state index in [1.165, 1.54) is 6.92 Å². The quantitative estimate of drug-likeness (QED) is 0.516. The number of rotatable bonds is 2. The topological polar surface area (TPSA) is 111 Å². The van der Waals surface area contributed by atoms with E-state index < -0.39 is 30.8 Å². The molecule has 1 unspecified atom stereocenters. The van der Waals surface area contributed by atoms with Gasteiger partial charge in [-0.15, -0.1) is 0 Å². The van der Waals surface area contributed by atoms with Crippen LogP contribution in [0, 0.1) is 5.92 Å². The van der Waals surface area contributed by atoms with Gasteiger partial charge in [0.05, 0.1) is 25.2 Å². The maximum Gasteiger partial charge on any atom is 0.230 e. The number of aliphatic hydroxyl groups is 3. The Hall–Kier alpha value is -1.22. The molecule has 3 N–H and O–H groups in total. The Bertz CT molecular complexity index is 396. The van der Waals surface area contributed by atoms with E-state index in [0.29, 0.717) is 26.2 Å². The largest absolute Gasteiger partial charge is 0.394 e. The van der Waals surface area contributed by atoms with Crippen molar-refractivity contribution >= 4 is 11.8 Å². The van der Waals surface area contributed by atoms with E-state index in [1.54, 1.807) is 9.80 Å². The molecule has 2 fully saturated rings. The molecule has 0 aromatic heterocycles. The van der Waals surface area contributed by atoms with E-state index in [9.17, 15) is 19.8 Å². The average molecular weight is 302 g/mol. The number of ether oxygens (including phenoxy) is 1. The van der Waals surface area contributed by atoms with E-state index in [0.717, 1.165) is 0 Å². The second-order valence-corrected chi connectivity index (χ2v) is 5.47. The minimum Gasteiger partial charge on any atom is -0.394 e. The van der Waals surface area contributed by atoms with Gasteiger partial charge in [-0.05, 0) is 0 Å². The summed E-state index contributed by atoms with van der Waals surface area (Å²) < 4.78 is 5.22. The van der Waals surface area contributed by atoms with Crippen molar-refractivity contribution in [1.82, 2.24) is 9.80 Å². The summed E-state index contributed by atoms with van der Waals surface area (Å²) in [6.45, 7) is 2.79. The standard InChI is InChI=1S/C13H22N2O6/c1-8(17)14-2-4-15(5-3-14)13(20)9-7-21-10(6-16)12(19)11(9)18/h9-12,16,18-19H,2-7H2,1H3/t9?,10-,11-,12+/m1/s1. The Morgan fingerprint density at radius 2 is 1.67 bits per heavy atom. The van der Waals surface area contributed by atoms with Crippen LogP contribution in [0.2, 0.25) is 0 Å². The molecule has 0 aromatic carbocycles. The molecule has 8 nitrogen and oxygen atoms in total. The van der Waals surface area contributed by atoms with Crippen LogP contribution in [-0.2, 0) is 14.3 Å². The Morgan fingerprint density at radius 1 is 1.10 bits per heavy atom. The first-order chi connectivity index (χ1) is 9.95. The molecule has 2 heterocycles. The van der Waals surface area contributed by atoms with E-state index in [1.807, 2.05) is 0 Å². The highest BCUT2D eigenvalue weighted by atomic mass is 16.5. The third-order valence-electron chi connectivity index (χ3n) is 4.17. The lowest BCUT2D eigenvalue weighted by Crippen LogP contribution is -2.58. The van der Waals surface area contributed by atoms with Crippen LogP contribution in [0.25, 0.3) is 0 Å². The molecule has 2 amide bonds. The van der Waals surface area contributed by atoms with Gasteiger partial charge in [-0.3, -0.25) is 9.59 Å². The molecule has 2 rings (SSSR count). The molecule has 21 heavy (non-hydrogen) atoms. The van der Waals surface area contributed by atoms with E-state index in [4.69, 9.17) is 9.84 Å². The molecular weight excluding hydrogens is 280 g/mol. The highest BCUT2D eigenvalue weighted by Crippen LogP contribution is 2.23. The molecule has 0 spiro atoms. The predicted octanol–water partition coefficient (Wildman–Crippen LogP) is -2.59. The summed E-state index contributed by atoms with van der Waals surface area (Å²) in [5.74, 6) is -1.16. The zero-order chi connectivity index (χ0) is 15.6. The van der Waals surface area contributed by atoms with Gasteiger partial charge in [-0.25, -0.2) is 0 Å². The van der Waals surface area contributed by atoms with Crippen LogP contribution in [0.4, 0.5) is 0 Å². The van der Waals surface area contributed by atoms with Crippen molar-refractivity contribution in [3.05, 3.63) is 0 Å². The van der Waals surface area contributed by atoms with Crippen LogP contribution in [0.5, 0.6) is 0 Å². The van der Waals surface area contributed by atoms with Crippen LogP contribution in [0.3, 0.4) is 0 Å². The molecule has 2 aliphatic heterocycles. The van der Waals surface area contributed by atoms with Crippen LogP contribution >= 0.6 is 0 Å². The number of nitrogens with zero attached hydrogens (tertiary/aromatic N) is 2. The van der Waals surface area contributed by atoms with Crippen molar-refractivity contribution in [2.75, 3.05) is 39.4 Å². The van der Waals surface area contributed by atoms with E-state index >= 15 is 0 Å². The lowest BCUT2D eigenvalue weighted by atomic mass is 9.91. The fourth-order valence-electron chi connectivity index (χ4n) is 2.74. The third-order valence-corrected chi connectivity index (χ3v) is 4.17. The molecule has 4 atom stereocenters. The molecule has 0 saturated carbocycles. The van der Waals surface area contributed by atoms with Gasteiger partial charge < -0.3 is 29.9 Å². The Morgan fingerprint density at radius 3 is 2.19 bits per heavy atom. The van der Waals surface area contributed by atoms with Gasteiger partial charge in [0, 0.05) is 33.1 Å². The van der Waals surface area contributed by atoms with Crippen molar-refractivity contribution in [3.8, 4) is 0 Å². The van der Waals surface area contributed by atoms with Crippen molar-refractivity contribution in [2.45, 2.75) is 25.2 Å². The van der Waals surface area contributed by atoms with Crippen LogP contribution < -0.4 is 0 Å². The number of carbonyl (C=O) groups is 2. The number of hydrogen-bond acceptors (Lipinski definition) is 6. The van der Waals surface area contributed by atoms with Crippen LogP contribution in [0.1, 0.15) is 6.92 Å². The molecule has 0 radical (unpaired) electrons. The number of carbonyl (C=O) groups excluding carboxylic acids is 2. The summed E-state index contributed by atoms with van der Waals surface area (Å²) in [7, 11) is 0. The molecule has 0 aromatic rings. The van der Waals surface area contributed by atoms with Gasteiger partial charge in [0.1, 0.15) is 12.2 Å². The fourth-order valence-corrected chi connectivity index (χ4v) is 2.74. The SMILES string of the molecule is CC(=O)N1CCN(C(=O)C2CO[C@H](CO)[C@H](O)[C@@H]2O)CC1. The smallest absolute Gasteiger partial charge is 0.230 e. The third kappa shape index (κ3) is 3.34. The normalized spacial score (nSPS) is 33.9. The Labute approximate surface area is 122 Å². The predicted molar refractivity (Wildman–Crippen MR) is 71.2 cm³/mol. The first-order valence-corrected chi connectivity index (χ1v) is 7.08. The second-order valence-electron chi connectivity index (χ2n) is 5.47. The Kier molecular flexibility index (Phi) is 5.15. The van der Waals surface area contributed by atoms with Crippen molar-refractivity contribution in [2.24, 2.45) is 5.92 Å². The van der Waals surface area contributed by atoms with E-state index in [2.05, 4.69) is 0 Å². The summed E-state index contributed by atoms with van der Waals surface area (Å²) >= 11 is 0. The highest BCUT2D eigenvalue weighted by Gasteiger charge is 2.43. The molecule has 0 aliphatic carbocycles. The van der Waals surface area contributed by atoms with Crippen molar-refractivity contribution < 1.29 is 29.6 Å². The van der Waals surface area contributed by atoms with Crippen molar-refractivity contribution in [3.63, 3.8) is 0 Å². The van der Waals surface area contributed by atoms with Gasteiger partial charge in [0.2, 0.25) is 11.8 Å². The summed E-state index contributed by atoms with van der Waals surface area (Å²) in [6.07, 6.45) is -3.40. The van der Waals surface area contributed by atoms with Gasteiger partial charge in [-0.2, -0.15) is 0 Å². The highest BCUT2D eigenvalue weighted by molar-refractivity contribution is 5.80. The first kappa shape index (κ1) is 16.2. The Balaban J connectivity index is 1.93. The molecule has 2 saturated heterocycles. The van der Waals surface area contributed by atoms with Gasteiger partial charge in [0.25, 0.3) is 0 Å². The fraction of sp³-hybridized carbons (Fsp3) is 0.846. The van der Waals surface area contributed by atoms with Crippen molar-refractivity contribution in [1.29, 1.82) is 0 Å². The molecule has 2 aliphatic rings. The maximum absolute atomic E-state index is 12.4.